The number of hydrogen-bond donors (Lipinski definition) is 2. The zero-order valence-corrected chi connectivity index (χ0v) is 13.5. The fourth-order valence-corrected chi connectivity index (χ4v) is 4.78. The van der Waals surface area contributed by atoms with Gasteiger partial charge in [0.25, 0.3) is 0 Å². The molecule has 0 radical (unpaired) electrons. The Kier molecular flexibility index (Phi) is 5.41. The summed E-state index contributed by atoms with van der Waals surface area (Å²) < 4.78 is 27.8. The van der Waals surface area contributed by atoms with E-state index in [1.54, 1.807) is 0 Å². The Morgan fingerprint density at radius 2 is 2.00 bits per heavy atom. The quantitative estimate of drug-likeness (QED) is 0.845. The highest BCUT2D eigenvalue weighted by molar-refractivity contribution is 7.89. The van der Waals surface area contributed by atoms with Crippen molar-refractivity contribution < 1.29 is 8.42 Å². The van der Waals surface area contributed by atoms with Gasteiger partial charge in [0.2, 0.25) is 10.0 Å². The lowest BCUT2D eigenvalue weighted by Crippen LogP contribution is -2.59. The fraction of sp³-hybridized carbons (Fsp3) is 0.625. The predicted molar refractivity (Wildman–Crippen MR) is 86.5 cm³/mol. The number of rotatable bonds is 6. The molecule has 2 rings (SSSR count). The smallest absolute Gasteiger partial charge is 0.212 e. The van der Waals surface area contributed by atoms with E-state index in [1.165, 1.54) is 0 Å². The Hall–Kier alpha value is -0.910. The van der Waals surface area contributed by atoms with Crippen LogP contribution in [0.5, 0.6) is 0 Å². The minimum atomic E-state index is -3.31. The van der Waals surface area contributed by atoms with Crippen LogP contribution in [0.25, 0.3) is 0 Å². The molecule has 1 saturated carbocycles. The number of benzene rings is 1. The Balaban J connectivity index is 2.02. The van der Waals surface area contributed by atoms with Crippen LogP contribution >= 0.6 is 0 Å². The molecule has 0 amide bonds. The van der Waals surface area contributed by atoms with Crippen molar-refractivity contribution in [3.8, 4) is 0 Å². The number of aryl methyl sites for hydroxylation is 1. The zero-order chi connectivity index (χ0) is 15.3. The van der Waals surface area contributed by atoms with Crippen molar-refractivity contribution in [1.29, 1.82) is 0 Å². The summed E-state index contributed by atoms with van der Waals surface area (Å²) in [5.41, 5.74) is 6.51. The molecule has 118 valence electrons. The van der Waals surface area contributed by atoms with E-state index in [4.69, 9.17) is 5.73 Å². The van der Waals surface area contributed by atoms with E-state index in [1.807, 2.05) is 30.3 Å². The van der Waals surface area contributed by atoms with Crippen molar-refractivity contribution in [3.05, 3.63) is 35.9 Å². The number of sulfonamides is 1. The molecule has 2 unspecified atom stereocenters. The van der Waals surface area contributed by atoms with Gasteiger partial charge in [0.15, 0.2) is 0 Å². The van der Waals surface area contributed by atoms with Gasteiger partial charge in [0.05, 0.1) is 5.75 Å². The van der Waals surface area contributed by atoms with Gasteiger partial charge >= 0.3 is 0 Å². The maximum absolute atomic E-state index is 12.4. The first-order valence-corrected chi connectivity index (χ1v) is 9.38. The summed E-state index contributed by atoms with van der Waals surface area (Å²) in [6, 6.07) is 9.71. The summed E-state index contributed by atoms with van der Waals surface area (Å²) in [5, 5.41) is 0. The lowest BCUT2D eigenvalue weighted by molar-refractivity contribution is 0.191. The molecule has 1 aliphatic rings. The molecule has 1 aromatic carbocycles. The highest BCUT2D eigenvalue weighted by Crippen LogP contribution is 2.33. The van der Waals surface area contributed by atoms with Crippen LogP contribution in [0.3, 0.4) is 0 Å². The van der Waals surface area contributed by atoms with Crippen molar-refractivity contribution in [2.75, 3.05) is 12.3 Å². The van der Waals surface area contributed by atoms with Crippen LogP contribution in [-0.4, -0.2) is 26.3 Å². The number of hydrogen-bond acceptors (Lipinski definition) is 3. The lowest BCUT2D eigenvalue weighted by atomic mass is 9.74. The number of nitrogens with one attached hydrogen (secondary N) is 1. The third-order valence-electron chi connectivity index (χ3n) is 4.68. The predicted octanol–water partition coefficient (Wildman–Crippen LogP) is 2.06. The second-order valence-corrected chi connectivity index (χ2v) is 8.01. The van der Waals surface area contributed by atoms with Crippen LogP contribution < -0.4 is 10.5 Å². The van der Waals surface area contributed by atoms with Gasteiger partial charge < -0.3 is 5.73 Å². The summed E-state index contributed by atoms with van der Waals surface area (Å²) in [4.78, 5) is 0. The first-order chi connectivity index (χ1) is 9.97. The molecule has 0 saturated heterocycles. The Labute approximate surface area is 128 Å². The van der Waals surface area contributed by atoms with Crippen molar-refractivity contribution in [1.82, 2.24) is 4.72 Å². The molecule has 0 aliphatic heterocycles. The van der Waals surface area contributed by atoms with Gasteiger partial charge in [-0.2, -0.15) is 0 Å². The Bertz CT molecular complexity index is 545. The Morgan fingerprint density at radius 3 is 2.62 bits per heavy atom. The van der Waals surface area contributed by atoms with Crippen LogP contribution in [0.4, 0.5) is 0 Å². The lowest BCUT2D eigenvalue weighted by Gasteiger charge is -2.42. The van der Waals surface area contributed by atoms with E-state index >= 15 is 0 Å². The standard InChI is InChI=1S/C16H26N2O2S/c1-14-7-5-6-11-16(14,13-17)18-21(19,20)12-10-15-8-3-2-4-9-15/h2-4,8-9,14,18H,5-7,10-13,17H2,1H3. The molecular formula is C16H26N2O2S. The largest absolute Gasteiger partial charge is 0.329 e. The molecule has 1 fully saturated rings. The minimum absolute atomic E-state index is 0.117. The second-order valence-electron chi connectivity index (χ2n) is 6.16. The van der Waals surface area contributed by atoms with Gasteiger partial charge in [-0.1, -0.05) is 50.1 Å². The molecule has 1 aliphatic carbocycles. The average Bonchev–Trinajstić information content (AvgIpc) is 2.49. The van der Waals surface area contributed by atoms with E-state index < -0.39 is 15.6 Å². The molecular weight excluding hydrogens is 284 g/mol. The van der Waals surface area contributed by atoms with E-state index in [-0.39, 0.29) is 5.75 Å². The van der Waals surface area contributed by atoms with Crippen molar-refractivity contribution >= 4 is 10.0 Å². The molecule has 5 heteroatoms. The van der Waals surface area contributed by atoms with E-state index in [9.17, 15) is 8.42 Å². The molecule has 2 atom stereocenters. The Morgan fingerprint density at radius 1 is 1.29 bits per heavy atom. The summed E-state index contributed by atoms with van der Waals surface area (Å²) in [7, 11) is -3.31. The maximum atomic E-state index is 12.4. The van der Waals surface area contributed by atoms with E-state index in [0.717, 1.165) is 31.2 Å². The van der Waals surface area contributed by atoms with Crippen LogP contribution in [-0.2, 0) is 16.4 Å². The van der Waals surface area contributed by atoms with Gasteiger partial charge in [-0.3, -0.25) is 0 Å². The van der Waals surface area contributed by atoms with Gasteiger partial charge in [-0.05, 0) is 30.7 Å². The number of nitrogens with two attached hydrogens (primary N) is 1. The van der Waals surface area contributed by atoms with Crippen molar-refractivity contribution in [2.45, 2.75) is 44.6 Å². The van der Waals surface area contributed by atoms with Crippen LogP contribution in [0.15, 0.2) is 30.3 Å². The van der Waals surface area contributed by atoms with Gasteiger partial charge in [0.1, 0.15) is 0 Å². The van der Waals surface area contributed by atoms with E-state index in [2.05, 4.69) is 11.6 Å². The summed E-state index contributed by atoms with van der Waals surface area (Å²) >= 11 is 0. The SMILES string of the molecule is CC1CCCCC1(CN)NS(=O)(=O)CCc1ccccc1. The highest BCUT2D eigenvalue weighted by Gasteiger charge is 2.39. The summed E-state index contributed by atoms with van der Waals surface area (Å²) in [6.45, 7) is 2.48. The first-order valence-electron chi connectivity index (χ1n) is 7.73. The van der Waals surface area contributed by atoms with Gasteiger partial charge in [-0.15, -0.1) is 0 Å². The van der Waals surface area contributed by atoms with Crippen LogP contribution in [0.1, 0.15) is 38.2 Å². The monoisotopic (exact) mass is 310 g/mol. The molecule has 0 bridgehead atoms. The molecule has 3 N–H and O–H groups in total. The normalized spacial score (nSPS) is 26.7. The van der Waals surface area contributed by atoms with Gasteiger partial charge in [0, 0.05) is 12.1 Å². The maximum Gasteiger partial charge on any atom is 0.212 e. The molecule has 1 aromatic rings. The molecule has 4 nitrogen and oxygen atoms in total. The van der Waals surface area contributed by atoms with Crippen molar-refractivity contribution in [2.24, 2.45) is 11.7 Å². The highest BCUT2D eigenvalue weighted by atomic mass is 32.2. The van der Waals surface area contributed by atoms with E-state index in [0.29, 0.717) is 18.9 Å². The fourth-order valence-electron chi connectivity index (χ4n) is 3.17. The van der Waals surface area contributed by atoms with Crippen LogP contribution in [0, 0.1) is 5.92 Å². The molecule has 21 heavy (non-hydrogen) atoms. The van der Waals surface area contributed by atoms with Gasteiger partial charge in [-0.25, -0.2) is 13.1 Å². The van der Waals surface area contributed by atoms with Crippen molar-refractivity contribution in [3.63, 3.8) is 0 Å². The molecule has 0 spiro atoms. The average molecular weight is 310 g/mol. The molecule has 0 heterocycles. The topological polar surface area (TPSA) is 72.2 Å². The second kappa shape index (κ2) is 6.90. The molecule has 0 aromatic heterocycles. The zero-order valence-electron chi connectivity index (χ0n) is 12.7. The van der Waals surface area contributed by atoms with Crippen LogP contribution in [0.2, 0.25) is 0 Å². The minimum Gasteiger partial charge on any atom is -0.329 e. The third-order valence-corrected chi connectivity index (χ3v) is 6.14. The third kappa shape index (κ3) is 4.28. The summed E-state index contributed by atoms with van der Waals surface area (Å²) in [5.74, 6) is 0.411. The summed E-state index contributed by atoms with van der Waals surface area (Å²) in [6.07, 6.45) is 4.62. The first kappa shape index (κ1) is 16.5.